The van der Waals surface area contributed by atoms with Crippen molar-refractivity contribution in [3.05, 3.63) is 28.4 Å². The Morgan fingerprint density at radius 3 is 3.00 bits per heavy atom. The lowest BCUT2D eigenvalue weighted by Gasteiger charge is -2.29. The van der Waals surface area contributed by atoms with Gasteiger partial charge in [-0.3, -0.25) is 0 Å². The minimum atomic E-state index is -0.490. The van der Waals surface area contributed by atoms with Crippen molar-refractivity contribution >= 4 is 11.5 Å². The summed E-state index contributed by atoms with van der Waals surface area (Å²) in [5.74, 6) is -0.116. The van der Waals surface area contributed by atoms with Gasteiger partial charge in [0.05, 0.1) is 5.69 Å². The maximum absolute atomic E-state index is 10.5. The molecule has 92 valence electrons. The van der Waals surface area contributed by atoms with E-state index in [1.807, 2.05) is 0 Å². The van der Waals surface area contributed by atoms with Crippen molar-refractivity contribution < 1.29 is 4.92 Å². The number of nitrogens with zero attached hydrogens (tertiary/aromatic N) is 2. The van der Waals surface area contributed by atoms with Crippen molar-refractivity contribution in [3.8, 4) is 0 Å². The number of hydrogen-bond acceptors (Lipinski definition) is 5. The minimum Gasteiger partial charge on any atom is -0.379 e. The number of pyridine rings is 1. The largest absolute Gasteiger partial charge is 0.379 e. The fourth-order valence-corrected chi connectivity index (χ4v) is 2.08. The number of piperidine rings is 1. The molecule has 1 aromatic rings. The summed E-state index contributed by atoms with van der Waals surface area (Å²) < 4.78 is 0. The average Bonchev–Trinajstić information content (AvgIpc) is 2.29. The summed E-state index contributed by atoms with van der Waals surface area (Å²) in [5, 5.41) is 17.2. The van der Waals surface area contributed by atoms with E-state index in [2.05, 4.69) is 22.5 Å². The van der Waals surface area contributed by atoms with E-state index in [9.17, 15) is 10.1 Å². The molecule has 1 aromatic heterocycles. The van der Waals surface area contributed by atoms with Gasteiger partial charge >= 0.3 is 5.82 Å². The molecule has 1 fully saturated rings. The van der Waals surface area contributed by atoms with Crippen LogP contribution in [0.3, 0.4) is 0 Å². The summed E-state index contributed by atoms with van der Waals surface area (Å²) in [6.45, 7) is 3.15. The fraction of sp³-hybridized carbons (Fsp3) is 0.545. The van der Waals surface area contributed by atoms with E-state index in [-0.39, 0.29) is 5.82 Å². The molecule has 0 saturated carbocycles. The quantitative estimate of drug-likeness (QED) is 0.614. The van der Waals surface area contributed by atoms with Gasteiger partial charge in [-0.2, -0.15) is 0 Å². The summed E-state index contributed by atoms with van der Waals surface area (Å²) in [4.78, 5) is 13.8. The summed E-state index contributed by atoms with van der Waals surface area (Å²) >= 11 is 0. The van der Waals surface area contributed by atoms with Crippen LogP contribution in [-0.4, -0.2) is 28.5 Å². The lowest BCUT2D eigenvalue weighted by Crippen LogP contribution is -2.41. The minimum absolute atomic E-state index is 0.116. The van der Waals surface area contributed by atoms with Crippen LogP contribution >= 0.6 is 0 Å². The van der Waals surface area contributed by atoms with Gasteiger partial charge in [0, 0.05) is 18.2 Å². The van der Waals surface area contributed by atoms with Crippen LogP contribution in [0.1, 0.15) is 19.8 Å². The summed E-state index contributed by atoms with van der Waals surface area (Å²) in [5.41, 5.74) is 0.842. The number of nitro groups is 1. The highest BCUT2D eigenvalue weighted by molar-refractivity contribution is 5.44. The average molecular weight is 236 g/mol. The van der Waals surface area contributed by atoms with E-state index in [1.54, 1.807) is 6.07 Å². The lowest BCUT2D eigenvalue weighted by atomic mass is 10.0. The standard InChI is InChI=1S/C11H16N4O2/c1-8-6-9(4-5-12-8)14-10-2-3-11(13-7-10)15(16)17/h2-3,7-9,12,14H,4-6H2,1H3. The summed E-state index contributed by atoms with van der Waals surface area (Å²) in [6.07, 6.45) is 3.63. The third kappa shape index (κ3) is 3.13. The molecule has 17 heavy (non-hydrogen) atoms. The van der Waals surface area contributed by atoms with E-state index in [0.29, 0.717) is 12.1 Å². The van der Waals surface area contributed by atoms with Gasteiger partial charge in [-0.25, -0.2) is 0 Å². The second-order valence-corrected chi connectivity index (χ2v) is 4.38. The highest BCUT2D eigenvalue weighted by Crippen LogP contribution is 2.17. The molecule has 1 saturated heterocycles. The van der Waals surface area contributed by atoms with E-state index in [4.69, 9.17) is 0 Å². The maximum Gasteiger partial charge on any atom is 0.363 e. The van der Waals surface area contributed by atoms with E-state index in [0.717, 1.165) is 25.1 Å². The van der Waals surface area contributed by atoms with Crippen LogP contribution in [0.4, 0.5) is 11.5 Å². The Kier molecular flexibility index (Phi) is 3.53. The summed E-state index contributed by atoms with van der Waals surface area (Å²) in [7, 11) is 0. The van der Waals surface area contributed by atoms with E-state index in [1.165, 1.54) is 12.3 Å². The van der Waals surface area contributed by atoms with Crippen molar-refractivity contribution in [1.29, 1.82) is 0 Å². The van der Waals surface area contributed by atoms with Crippen LogP contribution in [0, 0.1) is 10.1 Å². The molecule has 0 radical (unpaired) electrons. The first-order chi connectivity index (χ1) is 8.15. The molecule has 1 aliphatic rings. The Morgan fingerprint density at radius 2 is 2.41 bits per heavy atom. The lowest BCUT2D eigenvalue weighted by molar-refractivity contribution is -0.389. The smallest absolute Gasteiger partial charge is 0.363 e. The molecule has 0 aliphatic carbocycles. The number of hydrogen-bond donors (Lipinski definition) is 2. The fourth-order valence-electron chi connectivity index (χ4n) is 2.08. The molecule has 2 N–H and O–H groups in total. The molecule has 0 spiro atoms. The molecule has 2 rings (SSSR count). The zero-order chi connectivity index (χ0) is 12.3. The van der Waals surface area contributed by atoms with Gasteiger partial charge in [0.15, 0.2) is 6.20 Å². The van der Waals surface area contributed by atoms with Crippen LogP contribution < -0.4 is 10.6 Å². The third-order valence-corrected chi connectivity index (χ3v) is 2.93. The van der Waals surface area contributed by atoms with Gasteiger partial charge in [-0.05, 0) is 42.3 Å². The number of anilines is 1. The van der Waals surface area contributed by atoms with Crippen LogP contribution in [0.2, 0.25) is 0 Å². The predicted octanol–water partition coefficient (Wildman–Crippen LogP) is 1.54. The Labute approximate surface area is 99.6 Å². The van der Waals surface area contributed by atoms with Gasteiger partial charge < -0.3 is 20.7 Å². The van der Waals surface area contributed by atoms with Gasteiger partial charge in [0.1, 0.15) is 0 Å². The topological polar surface area (TPSA) is 80.1 Å². The second-order valence-electron chi connectivity index (χ2n) is 4.38. The molecule has 2 atom stereocenters. The maximum atomic E-state index is 10.5. The second kappa shape index (κ2) is 5.09. The molecule has 0 amide bonds. The molecular weight excluding hydrogens is 220 g/mol. The van der Waals surface area contributed by atoms with Crippen LogP contribution in [0.25, 0.3) is 0 Å². The normalized spacial score (nSPS) is 24.3. The summed E-state index contributed by atoms with van der Waals surface area (Å²) in [6, 6.07) is 4.05. The molecule has 0 bridgehead atoms. The first-order valence-electron chi connectivity index (χ1n) is 5.75. The van der Waals surface area contributed by atoms with Gasteiger partial charge in [0.25, 0.3) is 0 Å². The van der Waals surface area contributed by atoms with Gasteiger partial charge in [-0.15, -0.1) is 0 Å². The number of rotatable bonds is 3. The Bertz CT molecular complexity index is 393. The van der Waals surface area contributed by atoms with Crippen LogP contribution in [0.5, 0.6) is 0 Å². The Hall–Kier alpha value is -1.69. The number of nitrogens with one attached hydrogen (secondary N) is 2. The SMILES string of the molecule is CC1CC(Nc2ccc([N+](=O)[O-])nc2)CCN1. The van der Waals surface area contributed by atoms with Gasteiger partial charge in [0.2, 0.25) is 0 Å². The van der Waals surface area contributed by atoms with Crippen molar-refractivity contribution in [3.63, 3.8) is 0 Å². The highest BCUT2D eigenvalue weighted by Gasteiger charge is 2.18. The monoisotopic (exact) mass is 236 g/mol. The van der Waals surface area contributed by atoms with Crippen molar-refractivity contribution in [2.45, 2.75) is 31.8 Å². The van der Waals surface area contributed by atoms with Gasteiger partial charge in [-0.1, -0.05) is 0 Å². The molecule has 2 heterocycles. The predicted molar refractivity (Wildman–Crippen MR) is 65.0 cm³/mol. The Balaban J connectivity index is 1.96. The van der Waals surface area contributed by atoms with E-state index < -0.39 is 4.92 Å². The van der Waals surface area contributed by atoms with E-state index >= 15 is 0 Å². The zero-order valence-electron chi connectivity index (χ0n) is 9.72. The Morgan fingerprint density at radius 1 is 1.59 bits per heavy atom. The molecule has 6 heteroatoms. The zero-order valence-corrected chi connectivity index (χ0v) is 9.72. The molecule has 2 unspecified atom stereocenters. The molecule has 6 nitrogen and oxygen atoms in total. The van der Waals surface area contributed by atoms with Crippen molar-refractivity contribution in [2.24, 2.45) is 0 Å². The van der Waals surface area contributed by atoms with Crippen LogP contribution in [0.15, 0.2) is 18.3 Å². The highest BCUT2D eigenvalue weighted by atomic mass is 16.6. The van der Waals surface area contributed by atoms with Crippen LogP contribution in [-0.2, 0) is 0 Å². The van der Waals surface area contributed by atoms with Crippen molar-refractivity contribution in [1.82, 2.24) is 10.3 Å². The number of aromatic nitrogens is 1. The molecular formula is C11H16N4O2. The molecule has 1 aliphatic heterocycles. The molecule has 0 aromatic carbocycles. The first kappa shape index (κ1) is 11.8. The van der Waals surface area contributed by atoms with Crippen molar-refractivity contribution in [2.75, 3.05) is 11.9 Å². The third-order valence-electron chi connectivity index (χ3n) is 2.93. The first-order valence-corrected chi connectivity index (χ1v) is 5.75.